The van der Waals surface area contributed by atoms with E-state index in [9.17, 15) is 38.7 Å². The molecule has 0 aliphatic rings. The molecule has 18 heteroatoms. The second-order valence-corrected chi connectivity index (χ2v) is 15.4. The Morgan fingerprint density at radius 3 is 1.65 bits per heavy atom. The van der Waals surface area contributed by atoms with Crippen LogP contribution in [0.2, 0.25) is 0 Å². The zero-order valence-electron chi connectivity index (χ0n) is 34.9. The van der Waals surface area contributed by atoms with Crippen molar-refractivity contribution in [3.63, 3.8) is 0 Å². The Hall–Kier alpha value is -4.13. The van der Waals surface area contributed by atoms with Gasteiger partial charge in [-0.25, -0.2) is 4.79 Å². The lowest BCUT2D eigenvalue weighted by molar-refractivity contribution is -0.143. The maximum Gasteiger partial charge on any atom is 0.326 e. The third-order valence-corrected chi connectivity index (χ3v) is 8.36. The lowest BCUT2D eigenvalue weighted by Gasteiger charge is -2.34. The highest BCUT2D eigenvalue weighted by molar-refractivity contribution is 5.85. The van der Waals surface area contributed by atoms with Crippen molar-refractivity contribution in [1.29, 1.82) is 0 Å². The molecule has 0 saturated carbocycles. The van der Waals surface area contributed by atoms with Crippen molar-refractivity contribution in [1.82, 2.24) is 26.6 Å². The number of carboxylic acids is 2. The Morgan fingerprint density at radius 1 is 0.596 bits per heavy atom. The SMILES string of the molecule is C=C(C)C(CCCCNC(=O)CC)NC(=O)COCCOCCNC(=O)COCCOCCNC(=O)CCC(NC(=O)CC(C)(C)CC(C)(C)CC(=O)O)C(=O)O. The quantitative estimate of drug-likeness (QED) is 0.0356. The van der Waals surface area contributed by atoms with Gasteiger partial charge in [-0.2, -0.15) is 0 Å². The van der Waals surface area contributed by atoms with Gasteiger partial charge in [0.15, 0.2) is 0 Å². The first-order chi connectivity index (χ1) is 26.8. The molecule has 7 N–H and O–H groups in total. The van der Waals surface area contributed by atoms with Crippen LogP contribution < -0.4 is 26.6 Å². The highest BCUT2D eigenvalue weighted by atomic mass is 16.5. The Labute approximate surface area is 337 Å². The molecule has 0 fully saturated rings. The molecule has 0 aromatic heterocycles. The van der Waals surface area contributed by atoms with Gasteiger partial charge in [-0.15, -0.1) is 0 Å². The first-order valence-electron chi connectivity index (χ1n) is 19.6. The first-order valence-corrected chi connectivity index (χ1v) is 19.6. The maximum absolute atomic E-state index is 12.6. The average Bonchev–Trinajstić information content (AvgIpc) is 3.09. The summed E-state index contributed by atoms with van der Waals surface area (Å²) in [5.74, 6) is -3.68. The van der Waals surface area contributed by atoms with Gasteiger partial charge in [0.2, 0.25) is 29.5 Å². The molecule has 2 atom stereocenters. The van der Waals surface area contributed by atoms with Crippen LogP contribution in [0.5, 0.6) is 0 Å². The standard InChI is InChI=1S/C39H69N5O13/c1-8-31(45)40-14-10-9-11-29(28(2)3)43-35(49)26-57-22-20-55-18-16-42-34(48)25-56-21-19-54-17-15-41-32(46)13-12-30(37(52)53)44-33(47)23-38(4,5)27-39(6,7)24-36(50)51/h29-30H,2,8-27H2,1,3-7H3,(H,40,45)(H,41,46)(H,42,48)(H,43,49)(H,44,47)(H,50,51)(H,52,53). The largest absolute Gasteiger partial charge is 0.481 e. The summed E-state index contributed by atoms with van der Waals surface area (Å²) in [6.07, 6.45) is 2.93. The van der Waals surface area contributed by atoms with Crippen LogP contribution in [0.1, 0.15) is 99.3 Å². The number of carbonyl (C=O) groups excluding carboxylic acids is 5. The Kier molecular flexibility index (Phi) is 27.8. The molecule has 0 bridgehead atoms. The van der Waals surface area contributed by atoms with E-state index in [1.807, 2.05) is 20.8 Å². The summed E-state index contributed by atoms with van der Waals surface area (Å²) in [7, 11) is 0. The minimum absolute atomic E-state index is 0.00177. The smallest absolute Gasteiger partial charge is 0.326 e. The van der Waals surface area contributed by atoms with Gasteiger partial charge in [-0.1, -0.05) is 46.8 Å². The Balaban J connectivity index is 3.96. The maximum atomic E-state index is 12.6. The lowest BCUT2D eigenvalue weighted by Crippen LogP contribution is -2.43. The molecule has 0 radical (unpaired) electrons. The molecule has 0 aromatic rings. The van der Waals surface area contributed by atoms with Gasteiger partial charge in [-0.3, -0.25) is 28.8 Å². The summed E-state index contributed by atoms with van der Waals surface area (Å²) >= 11 is 0. The number of carbonyl (C=O) groups is 7. The second-order valence-electron chi connectivity index (χ2n) is 15.4. The van der Waals surface area contributed by atoms with Crippen LogP contribution >= 0.6 is 0 Å². The summed E-state index contributed by atoms with van der Waals surface area (Å²) < 4.78 is 21.4. The van der Waals surface area contributed by atoms with Crippen molar-refractivity contribution in [3.05, 3.63) is 12.2 Å². The van der Waals surface area contributed by atoms with E-state index in [0.717, 1.165) is 18.4 Å². The van der Waals surface area contributed by atoms with Crippen LogP contribution in [0.4, 0.5) is 0 Å². The van der Waals surface area contributed by atoms with Crippen LogP contribution in [0.25, 0.3) is 0 Å². The zero-order chi connectivity index (χ0) is 43.3. The van der Waals surface area contributed by atoms with E-state index in [-0.39, 0.29) is 115 Å². The van der Waals surface area contributed by atoms with Crippen LogP contribution in [-0.2, 0) is 52.5 Å². The van der Waals surface area contributed by atoms with Gasteiger partial charge in [0.25, 0.3) is 0 Å². The van der Waals surface area contributed by atoms with Gasteiger partial charge in [0.05, 0.1) is 46.1 Å². The molecule has 57 heavy (non-hydrogen) atoms. The van der Waals surface area contributed by atoms with Gasteiger partial charge in [0.1, 0.15) is 19.3 Å². The molecular formula is C39H69N5O13. The number of nitrogens with one attached hydrogen (secondary N) is 5. The van der Waals surface area contributed by atoms with Gasteiger partial charge < -0.3 is 55.7 Å². The summed E-state index contributed by atoms with van der Waals surface area (Å²) in [4.78, 5) is 83.2. The molecule has 0 heterocycles. The van der Waals surface area contributed by atoms with Crippen molar-refractivity contribution >= 4 is 41.5 Å². The predicted octanol–water partition coefficient (Wildman–Crippen LogP) is 1.70. The van der Waals surface area contributed by atoms with E-state index in [0.29, 0.717) is 25.8 Å². The number of amides is 5. The Bertz CT molecular complexity index is 1270. The predicted molar refractivity (Wildman–Crippen MR) is 211 cm³/mol. The highest BCUT2D eigenvalue weighted by Crippen LogP contribution is 2.38. The number of hydrogen-bond donors (Lipinski definition) is 7. The van der Waals surface area contributed by atoms with Crippen molar-refractivity contribution < 1.29 is 62.7 Å². The number of aliphatic carboxylic acids is 2. The van der Waals surface area contributed by atoms with E-state index in [2.05, 4.69) is 33.2 Å². The van der Waals surface area contributed by atoms with Crippen molar-refractivity contribution in [2.45, 2.75) is 111 Å². The number of hydrogen-bond acceptors (Lipinski definition) is 11. The summed E-state index contributed by atoms with van der Waals surface area (Å²) in [6.45, 7) is 16.7. The molecule has 0 aliphatic carbocycles. The first kappa shape index (κ1) is 52.9. The minimum Gasteiger partial charge on any atom is -0.481 e. The van der Waals surface area contributed by atoms with Crippen molar-refractivity contribution in [3.8, 4) is 0 Å². The van der Waals surface area contributed by atoms with Gasteiger partial charge in [-0.05, 0) is 49.9 Å². The fourth-order valence-corrected chi connectivity index (χ4v) is 5.98. The fourth-order valence-electron chi connectivity index (χ4n) is 5.98. The molecular weight excluding hydrogens is 746 g/mol. The zero-order valence-corrected chi connectivity index (χ0v) is 34.9. The normalized spacial score (nSPS) is 12.5. The third-order valence-electron chi connectivity index (χ3n) is 8.36. The average molecular weight is 816 g/mol. The van der Waals surface area contributed by atoms with E-state index in [4.69, 9.17) is 24.1 Å². The summed E-state index contributed by atoms with van der Waals surface area (Å²) in [5, 5.41) is 32.1. The molecule has 328 valence electrons. The summed E-state index contributed by atoms with van der Waals surface area (Å²) in [6, 6.07) is -1.43. The Morgan fingerprint density at radius 2 is 1.11 bits per heavy atom. The number of rotatable bonds is 35. The number of ether oxygens (including phenoxy) is 4. The second kappa shape index (κ2) is 30.0. The van der Waals surface area contributed by atoms with E-state index in [1.165, 1.54) is 0 Å². The molecule has 18 nitrogen and oxygen atoms in total. The van der Waals surface area contributed by atoms with Crippen molar-refractivity contribution in [2.24, 2.45) is 10.8 Å². The molecule has 0 rings (SSSR count). The topological polar surface area (TPSA) is 257 Å². The number of unbranched alkanes of at least 4 members (excludes halogenated alkanes) is 1. The van der Waals surface area contributed by atoms with Crippen LogP contribution in [-0.4, -0.2) is 136 Å². The molecule has 0 spiro atoms. The molecule has 5 amide bonds. The fraction of sp³-hybridized carbons (Fsp3) is 0.769. The monoisotopic (exact) mass is 815 g/mol. The molecule has 2 unspecified atom stereocenters. The lowest BCUT2D eigenvalue weighted by atomic mass is 9.71. The van der Waals surface area contributed by atoms with E-state index in [1.54, 1.807) is 20.8 Å². The molecule has 0 saturated heterocycles. The summed E-state index contributed by atoms with van der Waals surface area (Å²) in [5.41, 5.74) is -0.287. The molecule has 0 aromatic carbocycles. The van der Waals surface area contributed by atoms with Crippen molar-refractivity contribution in [2.75, 3.05) is 72.5 Å². The van der Waals surface area contributed by atoms with Crippen LogP contribution in [0.15, 0.2) is 12.2 Å². The van der Waals surface area contributed by atoms with E-state index < -0.39 is 40.6 Å². The third kappa shape index (κ3) is 30.7. The van der Waals surface area contributed by atoms with Crippen LogP contribution in [0.3, 0.4) is 0 Å². The van der Waals surface area contributed by atoms with E-state index >= 15 is 0 Å². The highest BCUT2D eigenvalue weighted by Gasteiger charge is 2.33. The minimum atomic E-state index is -1.26. The molecule has 0 aliphatic heterocycles. The van der Waals surface area contributed by atoms with Gasteiger partial charge in [0, 0.05) is 44.9 Å². The van der Waals surface area contributed by atoms with Gasteiger partial charge >= 0.3 is 11.9 Å². The van der Waals surface area contributed by atoms with Crippen LogP contribution in [0, 0.1) is 10.8 Å². The number of carboxylic acid groups (broad SMARTS) is 2.